The summed E-state index contributed by atoms with van der Waals surface area (Å²) in [5.74, 6) is 0.770. The van der Waals surface area contributed by atoms with Crippen molar-refractivity contribution >= 4 is 23.5 Å². The van der Waals surface area contributed by atoms with Gasteiger partial charge in [0.1, 0.15) is 12.4 Å². The Morgan fingerprint density at radius 1 is 1.24 bits per heavy atom. The number of carbonyl (C=O) groups excluding carboxylic acids is 2. The summed E-state index contributed by atoms with van der Waals surface area (Å²) in [6.45, 7) is 5.05. The van der Waals surface area contributed by atoms with Gasteiger partial charge in [-0.05, 0) is 37.6 Å². The van der Waals surface area contributed by atoms with Gasteiger partial charge >= 0.3 is 12.1 Å². The third-order valence-corrected chi connectivity index (χ3v) is 5.49. The van der Waals surface area contributed by atoms with E-state index in [0.29, 0.717) is 44.2 Å². The van der Waals surface area contributed by atoms with E-state index in [1.807, 2.05) is 54.1 Å². The van der Waals surface area contributed by atoms with Crippen LogP contribution in [-0.2, 0) is 17.8 Å². The van der Waals surface area contributed by atoms with Crippen LogP contribution in [0.3, 0.4) is 0 Å². The van der Waals surface area contributed by atoms with Crippen LogP contribution in [0.2, 0.25) is 0 Å². The Bertz CT molecular complexity index is 1100. The summed E-state index contributed by atoms with van der Waals surface area (Å²) in [6, 6.07) is 14.7. The van der Waals surface area contributed by atoms with Crippen molar-refractivity contribution < 1.29 is 19.1 Å². The minimum absolute atomic E-state index is 0.224. The maximum atomic E-state index is 13.3. The van der Waals surface area contributed by atoms with Crippen LogP contribution in [0, 0.1) is 0 Å². The molecule has 0 bridgehead atoms. The third-order valence-electron chi connectivity index (χ3n) is 5.49. The number of urea groups is 1. The number of anilines is 2. The molecular weight excluding hydrogens is 434 g/mol. The lowest BCUT2D eigenvalue weighted by atomic mass is 10.2. The first-order chi connectivity index (χ1) is 16.6. The quantitative estimate of drug-likeness (QED) is 0.483. The number of aromatic nitrogens is 2. The molecule has 1 aliphatic heterocycles. The van der Waals surface area contributed by atoms with E-state index in [1.54, 1.807) is 34.5 Å². The van der Waals surface area contributed by atoms with E-state index in [4.69, 9.17) is 9.47 Å². The Balaban J connectivity index is 1.48. The normalized spacial score (nSPS) is 13.0. The first kappa shape index (κ1) is 23.2. The van der Waals surface area contributed by atoms with Crippen molar-refractivity contribution in [2.24, 2.45) is 0 Å². The van der Waals surface area contributed by atoms with Crippen molar-refractivity contribution in [3.8, 4) is 5.75 Å². The van der Waals surface area contributed by atoms with Crippen molar-refractivity contribution in [3.05, 3.63) is 72.8 Å². The van der Waals surface area contributed by atoms with Gasteiger partial charge in [-0.15, -0.1) is 0 Å². The van der Waals surface area contributed by atoms with Gasteiger partial charge in [-0.1, -0.05) is 24.3 Å². The number of hydrogen-bond donors (Lipinski definition) is 1. The van der Waals surface area contributed by atoms with Crippen molar-refractivity contribution in [2.45, 2.75) is 26.4 Å². The lowest BCUT2D eigenvalue weighted by Gasteiger charge is -2.25. The van der Waals surface area contributed by atoms with Crippen LogP contribution < -0.4 is 15.0 Å². The lowest BCUT2D eigenvalue weighted by Crippen LogP contribution is -2.36. The molecule has 9 nitrogen and oxygen atoms in total. The highest BCUT2D eigenvalue weighted by molar-refractivity contribution is 5.93. The largest absolute Gasteiger partial charge is 0.494 e. The molecule has 4 rings (SSSR count). The van der Waals surface area contributed by atoms with E-state index in [1.165, 1.54) is 0 Å². The molecule has 1 aliphatic rings. The molecule has 1 saturated heterocycles. The fraction of sp³-hybridized carbons (Fsp3) is 0.320. The second kappa shape index (κ2) is 11.2. The number of amides is 3. The predicted molar refractivity (Wildman–Crippen MR) is 129 cm³/mol. The summed E-state index contributed by atoms with van der Waals surface area (Å²) in [7, 11) is 0. The number of para-hydroxylation sites is 1. The number of carbonyl (C=O) groups is 2. The van der Waals surface area contributed by atoms with Gasteiger partial charge in [-0.2, -0.15) is 0 Å². The standard InChI is InChI=1S/C25H29N5O4/c1-2-33-23-10-4-3-7-20(23)18-29(13-6-12-28-14-11-26-19-28)24(31)27-21-8-5-9-22(17-21)30-15-16-34-25(30)32/h3-5,7-11,14,17,19H,2,6,12-13,15-16,18H2,1H3,(H,27,31). The molecule has 0 spiro atoms. The van der Waals surface area contributed by atoms with Crippen LogP contribution in [0.25, 0.3) is 0 Å². The summed E-state index contributed by atoms with van der Waals surface area (Å²) < 4.78 is 12.8. The molecule has 0 atom stereocenters. The number of hydrogen-bond acceptors (Lipinski definition) is 5. The fourth-order valence-electron chi connectivity index (χ4n) is 3.83. The summed E-state index contributed by atoms with van der Waals surface area (Å²) in [6.07, 6.45) is 5.80. The fourth-order valence-corrected chi connectivity index (χ4v) is 3.83. The van der Waals surface area contributed by atoms with Crippen LogP contribution in [-0.4, -0.2) is 52.9 Å². The number of imidazole rings is 1. The van der Waals surface area contributed by atoms with E-state index in [2.05, 4.69) is 10.3 Å². The second-order valence-electron chi connectivity index (χ2n) is 7.86. The van der Waals surface area contributed by atoms with Crippen molar-refractivity contribution in [1.29, 1.82) is 0 Å². The van der Waals surface area contributed by atoms with Crippen LogP contribution in [0.15, 0.2) is 67.3 Å². The van der Waals surface area contributed by atoms with E-state index in [9.17, 15) is 9.59 Å². The molecule has 3 aromatic rings. The van der Waals surface area contributed by atoms with Crippen molar-refractivity contribution in [2.75, 3.05) is 36.5 Å². The highest BCUT2D eigenvalue weighted by atomic mass is 16.6. The van der Waals surface area contributed by atoms with E-state index in [0.717, 1.165) is 24.3 Å². The van der Waals surface area contributed by atoms with Gasteiger partial charge in [0.15, 0.2) is 0 Å². The molecule has 9 heteroatoms. The first-order valence-electron chi connectivity index (χ1n) is 11.4. The van der Waals surface area contributed by atoms with Gasteiger partial charge < -0.3 is 24.3 Å². The molecule has 0 unspecified atom stereocenters. The SMILES string of the molecule is CCOc1ccccc1CN(CCCn1ccnc1)C(=O)Nc1cccc(N2CCOC2=O)c1. The van der Waals surface area contributed by atoms with Crippen LogP contribution in [0.5, 0.6) is 5.75 Å². The number of aryl methyl sites for hydroxylation is 1. The molecule has 1 aromatic heterocycles. The molecule has 0 radical (unpaired) electrons. The summed E-state index contributed by atoms with van der Waals surface area (Å²) in [5, 5.41) is 2.98. The summed E-state index contributed by atoms with van der Waals surface area (Å²) in [4.78, 5) is 32.6. The maximum Gasteiger partial charge on any atom is 0.414 e. The first-order valence-corrected chi connectivity index (χ1v) is 11.4. The number of ether oxygens (including phenoxy) is 2. The molecule has 178 valence electrons. The number of nitrogens with one attached hydrogen (secondary N) is 1. The third kappa shape index (κ3) is 5.86. The number of nitrogens with zero attached hydrogens (tertiary/aromatic N) is 4. The van der Waals surface area contributed by atoms with E-state index >= 15 is 0 Å². The molecule has 3 amide bonds. The zero-order chi connectivity index (χ0) is 23.8. The number of benzene rings is 2. The van der Waals surface area contributed by atoms with Crippen LogP contribution in [0.4, 0.5) is 21.0 Å². The van der Waals surface area contributed by atoms with Crippen LogP contribution >= 0.6 is 0 Å². The Morgan fingerprint density at radius 3 is 2.88 bits per heavy atom. The Morgan fingerprint density at radius 2 is 2.12 bits per heavy atom. The minimum atomic E-state index is -0.378. The smallest absolute Gasteiger partial charge is 0.414 e. The minimum Gasteiger partial charge on any atom is -0.494 e. The molecule has 1 N–H and O–H groups in total. The molecule has 2 aromatic carbocycles. The number of cyclic esters (lactones) is 1. The van der Waals surface area contributed by atoms with Gasteiger partial charge in [-0.3, -0.25) is 4.90 Å². The highest BCUT2D eigenvalue weighted by Crippen LogP contribution is 2.24. The number of rotatable bonds is 10. The van der Waals surface area contributed by atoms with Crippen molar-refractivity contribution in [3.63, 3.8) is 0 Å². The second-order valence-corrected chi connectivity index (χ2v) is 7.86. The van der Waals surface area contributed by atoms with Gasteiger partial charge in [-0.25, -0.2) is 14.6 Å². The molecule has 1 fully saturated rings. The molecule has 0 aliphatic carbocycles. The summed E-state index contributed by atoms with van der Waals surface area (Å²) in [5.41, 5.74) is 2.24. The van der Waals surface area contributed by atoms with E-state index in [-0.39, 0.29) is 12.1 Å². The Hall–Kier alpha value is -4.01. The summed E-state index contributed by atoms with van der Waals surface area (Å²) >= 11 is 0. The molecule has 2 heterocycles. The molecular formula is C25H29N5O4. The van der Waals surface area contributed by atoms with Crippen LogP contribution in [0.1, 0.15) is 18.9 Å². The Labute approximate surface area is 198 Å². The zero-order valence-electron chi connectivity index (χ0n) is 19.2. The average molecular weight is 464 g/mol. The molecule has 0 saturated carbocycles. The lowest BCUT2D eigenvalue weighted by molar-refractivity contribution is 0.181. The Kier molecular flexibility index (Phi) is 7.64. The topological polar surface area (TPSA) is 88.9 Å². The monoisotopic (exact) mass is 463 g/mol. The van der Waals surface area contributed by atoms with E-state index < -0.39 is 0 Å². The van der Waals surface area contributed by atoms with Crippen molar-refractivity contribution in [1.82, 2.24) is 14.5 Å². The zero-order valence-corrected chi connectivity index (χ0v) is 19.2. The predicted octanol–water partition coefficient (Wildman–Crippen LogP) is 4.36. The highest BCUT2D eigenvalue weighted by Gasteiger charge is 2.24. The average Bonchev–Trinajstić information content (AvgIpc) is 3.51. The van der Waals surface area contributed by atoms with Gasteiger partial charge in [0.05, 0.1) is 26.0 Å². The van der Waals surface area contributed by atoms with Gasteiger partial charge in [0.2, 0.25) is 0 Å². The molecule has 34 heavy (non-hydrogen) atoms. The van der Waals surface area contributed by atoms with Gasteiger partial charge in [0.25, 0.3) is 0 Å². The maximum absolute atomic E-state index is 13.3. The van der Waals surface area contributed by atoms with Gasteiger partial charge in [0, 0.05) is 42.4 Å².